The summed E-state index contributed by atoms with van der Waals surface area (Å²) in [6.07, 6.45) is 12.8. The summed E-state index contributed by atoms with van der Waals surface area (Å²) < 4.78 is 0. The SMILES string of the molecule is CC1CCC(C(C)C)C(C(CO)CC(CO)(C2CC(C)CCC2C(C)C)C2CC(C)CCC2C(C)C)C1. The second kappa shape index (κ2) is 13.5. The fourth-order valence-corrected chi connectivity index (χ4v) is 10.3. The largest absolute Gasteiger partial charge is 0.396 e. The first-order valence-corrected chi connectivity index (χ1v) is 16.7. The van der Waals surface area contributed by atoms with Crippen LogP contribution in [0.25, 0.3) is 0 Å². The van der Waals surface area contributed by atoms with E-state index in [1.807, 2.05) is 0 Å². The second-order valence-electron chi connectivity index (χ2n) is 15.9. The molecule has 0 amide bonds. The molecule has 0 aliphatic heterocycles. The van der Waals surface area contributed by atoms with Crippen molar-refractivity contribution in [1.29, 1.82) is 0 Å². The molecule has 0 aromatic carbocycles. The van der Waals surface area contributed by atoms with Crippen LogP contribution >= 0.6 is 0 Å². The molecule has 2 nitrogen and oxygen atoms in total. The van der Waals surface area contributed by atoms with Crippen molar-refractivity contribution in [2.75, 3.05) is 13.2 Å². The van der Waals surface area contributed by atoms with Crippen LogP contribution in [0.1, 0.15) is 127 Å². The number of aliphatic hydroxyl groups excluding tert-OH is 2. The van der Waals surface area contributed by atoms with Crippen molar-refractivity contribution in [3.63, 3.8) is 0 Å². The molecule has 3 saturated carbocycles. The van der Waals surface area contributed by atoms with E-state index in [2.05, 4.69) is 62.3 Å². The molecule has 0 saturated heterocycles. The Kier molecular flexibility index (Phi) is 11.5. The summed E-state index contributed by atoms with van der Waals surface area (Å²) in [6, 6.07) is 0. The van der Waals surface area contributed by atoms with Crippen LogP contribution < -0.4 is 0 Å². The first kappa shape index (κ1) is 31.4. The van der Waals surface area contributed by atoms with Crippen LogP contribution in [0, 0.1) is 82.3 Å². The zero-order chi connectivity index (χ0) is 27.5. The molecule has 0 aromatic rings. The molecule has 37 heavy (non-hydrogen) atoms. The van der Waals surface area contributed by atoms with E-state index in [-0.39, 0.29) is 5.41 Å². The van der Waals surface area contributed by atoms with E-state index in [0.29, 0.717) is 72.4 Å². The van der Waals surface area contributed by atoms with E-state index in [4.69, 9.17) is 0 Å². The highest BCUT2D eigenvalue weighted by Crippen LogP contribution is 2.60. The minimum Gasteiger partial charge on any atom is -0.396 e. The van der Waals surface area contributed by atoms with E-state index in [1.54, 1.807) is 0 Å². The van der Waals surface area contributed by atoms with E-state index >= 15 is 0 Å². The lowest BCUT2D eigenvalue weighted by molar-refractivity contribution is -0.125. The molecule has 0 radical (unpaired) electrons. The summed E-state index contributed by atoms with van der Waals surface area (Å²) in [5.74, 6) is 8.40. The predicted molar refractivity (Wildman–Crippen MR) is 159 cm³/mol. The van der Waals surface area contributed by atoms with Gasteiger partial charge in [-0.3, -0.25) is 0 Å². The maximum absolute atomic E-state index is 11.7. The topological polar surface area (TPSA) is 40.5 Å². The predicted octanol–water partition coefficient (Wildman–Crippen LogP) is 9.09. The maximum atomic E-state index is 11.7. The molecular formula is C35H66O2. The van der Waals surface area contributed by atoms with Crippen molar-refractivity contribution >= 4 is 0 Å². The van der Waals surface area contributed by atoms with Crippen LogP contribution in [-0.4, -0.2) is 23.4 Å². The Labute approximate surface area is 232 Å². The molecule has 0 heterocycles. The molecule has 3 rings (SSSR count). The van der Waals surface area contributed by atoms with Gasteiger partial charge in [0.15, 0.2) is 0 Å². The van der Waals surface area contributed by atoms with Gasteiger partial charge in [0.1, 0.15) is 0 Å². The van der Waals surface area contributed by atoms with E-state index < -0.39 is 0 Å². The van der Waals surface area contributed by atoms with Crippen molar-refractivity contribution in [2.45, 2.75) is 127 Å². The fourth-order valence-electron chi connectivity index (χ4n) is 10.3. The number of rotatable bonds is 10. The molecule has 3 aliphatic carbocycles. The van der Waals surface area contributed by atoms with Gasteiger partial charge in [-0.2, -0.15) is 0 Å². The van der Waals surface area contributed by atoms with Gasteiger partial charge in [0.2, 0.25) is 0 Å². The highest BCUT2D eigenvalue weighted by atomic mass is 16.3. The van der Waals surface area contributed by atoms with Gasteiger partial charge in [-0.05, 0) is 122 Å². The Balaban J connectivity index is 2.11. The van der Waals surface area contributed by atoms with E-state index in [9.17, 15) is 10.2 Å². The van der Waals surface area contributed by atoms with Crippen LogP contribution in [0.2, 0.25) is 0 Å². The summed E-state index contributed by atoms with van der Waals surface area (Å²) >= 11 is 0. The molecule has 218 valence electrons. The summed E-state index contributed by atoms with van der Waals surface area (Å²) in [5.41, 5.74) is -0.0666. The van der Waals surface area contributed by atoms with Crippen LogP contribution in [-0.2, 0) is 0 Å². The van der Waals surface area contributed by atoms with Gasteiger partial charge in [0.25, 0.3) is 0 Å². The summed E-state index contributed by atoms with van der Waals surface area (Å²) in [4.78, 5) is 0. The minimum atomic E-state index is -0.0666. The highest BCUT2D eigenvalue weighted by molar-refractivity contribution is 5.03. The lowest BCUT2D eigenvalue weighted by Gasteiger charge is -2.58. The van der Waals surface area contributed by atoms with Gasteiger partial charge in [0, 0.05) is 18.6 Å². The molecule has 0 bridgehead atoms. The third-order valence-corrected chi connectivity index (χ3v) is 12.4. The van der Waals surface area contributed by atoms with Crippen molar-refractivity contribution < 1.29 is 10.2 Å². The Morgan fingerprint density at radius 2 is 0.973 bits per heavy atom. The Hall–Kier alpha value is -0.0800. The molecule has 10 unspecified atom stereocenters. The highest BCUT2D eigenvalue weighted by Gasteiger charge is 2.55. The van der Waals surface area contributed by atoms with Gasteiger partial charge >= 0.3 is 0 Å². The Morgan fingerprint density at radius 3 is 1.35 bits per heavy atom. The Bertz CT molecular complexity index is 636. The molecule has 2 heteroatoms. The van der Waals surface area contributed by atoms with Crippen LogP contribution in [0.3, 0.4) is 0 Å². The molecule has 2 N–H and O–H groups in total. The zero-order valence-electron chi connectivity index (χ0n) is 26.4. The smallest absolute Gasteiger partial charge is 0.0493 e. The number of hydrogen-bond acceptors (Lipinski definition) is 2. The molecule has 0 spiro atoms. The first-order chi connectivity index (χ1) is 17.4. The minimum absolute atomic E-state index is 0.0666. The van der Waals surface area contributed by atoms with E-state index in [1.165, 1.54) is 57.8 Å². The zero-order valence-corrected chi connectivity index (χ0v) is 26.4. The second-order valence-corrected chi connectivity index (χ2v) is 15.9. The average Bonchev–Trinajstić information content (AvgIpc) is 2.84. The van der Waals surface area contributed by atoms with Gasteiger partial charge in [-0.1, -0.05) is 81.6 Å². The number of aliphatic hydroxyl groups is 2. The standard InChI is InChI=1S/C35H66O2/c1-22(2)29-13-10-25(7)16-32(29)28(20-36)19-35(21-37,33-17-26(8)11-14-30(33)23(3)4)34-18-27(9)12-15-31(34)24(5)6/h22-34,36-37H,10-21H2,1-9H3. The first-order valence-electron chi connectivity index (χ1n) is 16.7. The quantitative estimate of drug-likeness (QED) is 0.303. The van der Waals surface area contributed by atoms with Crippen molar-refractivity contribution in [2.24, 2.45) is 82.3 Å². The summed E-state index contributed by atoms with van der Waals surface area (Å²) in [5, 5.41) is 22.8. The number of hydrogen-bond donors (Lipinski definition) is 2. The van der Waals surface area contributed by atoms with Crippen LogP contribution in [0.4, 0.5) is 0 Å². The van der Waals surface area contributed by atoms with Gasteiger partial charge in [0.05, 0.1) is 0 Å². The van der Waals surface area contributed by atoms with Gasteiger partial charge in [-0.25, -0.2) is 0 Å². The summed E-state index contributed by atoms with van der Waals surface area (Å²) in [7, 11) is 0. The molecule has 3 fully saturated rings. The third kappa shape index (κ3) is 6.99. The lowest BCUT2D eigenvalue weighted by atomic mass is 9.47. The van der Waals surface area contributed by atoms with Crippen molar-refractivity contribution in [1.82, 2.24) is 0 Å². The normalized spacial score (nSPS) is 40.2. The monoisotopic (exact) mass is 519 g/mol. The fraction of sp³-hybridized carbons (Fsp3) is 1.00. The summed E-state index contributed by atoms with van der Waals surface area (Å²) in [6.45, 7) is 22.6. The Morgan fingerprint density at radius 1 is 0.568 bits per heavy atom. The van der Waals surface area contributed by atoms with Gasteiger partial charge < -0.3 is 10.2 Å². The third-order valence-electron chi connectivity index (χ3n) is 12.4. The molecule has 10 atom stereocenters. The average molecular weight is 519 g/mol. The molecular weight excluding hydrogens is 452 g/mol. The maximum Gasteiger partial charge on any atom is 0.0493 e. The molecule has 3 aliphatic rings. The van der Waals surface area contributed by atoms with Crippen LogP contribution in [0.15, 0.2) is 0 Å². The lowest BCUT2D eigenvalue weighted by Crippen LogP contribution is -2.54. The van der Waals surface area contributed by atoms with Crippen molar-refractivity contribution in [3.8, 4) is 0 Å². The van der Waals surface area contributed by atoms with Crippen LogP contribution in [0.5, 0.6) is 0 Å². The van der Waals surface area contributed by atoms with Gasteiger partial charge in [-0.15, -0.1) is 0 Å². The van der Waals surface area contributed by atoms with Crippen molar-refractivity contribution in [3.05, 3.63) is 0 Å². The molecule has 0 aromatic heterocycles. The van der Waals surface area contributed by atoms with E-state index in [0.717, 1.165) is 24.2 Å².